The van der Waals surface area contributed by atoms with E-state index < -0.39 is 0 Å². The van der Waals surface area contributed by atoms with E-state index in [1.165, 1.54) is 0 Å². The Hall–Kier alpha value is -3.34. The summed E-state index contributed by atoms with van der Waals surface area (Å²) in [5.41, 5.74) is 6.88. The van der Waals surface area contributed by atoms with Crippen molar-refractivity contribution in [3.8, 4) is 0 Å². The van der Waals surface area contributed by atoms with Crippen LogP contribution in [0.2, 0.25) is 0 Å². The molecule has 0 radical (unpaired) electrons. The summed E-state index contributed by atoms with van der Waals surface area (Å²) in [6, 6.07) is 25.4. The number of likely N-dealkylation sites (N-methyl/N-ethyl adjacent to an activating group) is 2. The van der Waals surface area contributed by atoms with Crippen molar-refractivity contribution >= 4 is 35.7 Å². The molecule has 0 aliphatic carbocycles. The molecule has 0 saturated carbocycles. The molecular weight excluding hydrogens is 420 g/mol. The topological polar surface area (TPSA) is 46.9 Å². The van der Waals surface area contributed by atoms with Gasteiger partial charge in [-0.15, -0.1) is 0 Å². The lowest BCUT2D eigenvalue weighted by atomic mass is 10.1. The van der Waals surface area contributed by atoms with Crippen LogP contribution in [-0.2, 0) is 0 Å². The average Bonchev–Trinajstić information content (AvgIpc) is 2.89. The highest BCUT2D eigenvalue weighted by Crippen LogP contribution is 2.19. The molecule has 0 aromatic heterocycles. The second kappa shape index (κ2) is 13.4. The highest BCUT2D eigenvalue weighted by Gasteiger charge is 2.03. The Bertz CT molecular complexity index is 952. The normalized spacial score (nSPS) is 11.4. The minimum atomic E-state index is 0.163. The zero-order valence-electron chi connectivity index (χ0n) is 20.3. The summed E-state index contributed by atoms with van der Waals surface area (Å²) in [7, 11) is 0. The van der Waals surface area contributed by atoms with Crippen LogP contribution in [0.1, 0.15) is 36.1 Å². The molecule has 0 amide bonds. The van der Waals surface area contributed by atoms with Gasteiger partial charge in [0.05, 0.1) is 13.2 Å². The van der Waals surface area contributed by atoms with Crippen molar-refractivity contribution in [3.05, 3.63) is 95.1 Å². The monoisotopic (exact) mass is 456 g/mol. The van der Waals surface area contributed by atoms with Gasteiger partial charge in [0.15, 0.2) is 0 Å². The van der Waals surface area contributed by atoms with Crippen LogP contribution < -0.4 is 9.80 Å². The number of nitrogens with zero attached hydrogens (tertiary/aromatic N) is 2. The number of hydrogen-bond acceptors (Lipinski definition) is 4. The number of hydrogen-bond donors (Lipinski definition) is 2. The van der Waals surface area contributed by atoms with E-state index in [0.29, 0.717) is 13.1 Å². The highest BCUT2D eigenvalue weighted by molar-refractivity contribution is 5.73. The van der Waals surface area contributed by atoms with Gasteiger partial charge in [0.1, 0.15) is 0 Å². The number of aliphatic hydroxyl groups is 2. The van der Waals surface area contributed by atoms with Crippen LogP contribution in [0.5, 0.6) is 0 Å². The van der Waals surface area contributed by atoms with E-state index in [4.69, 9.17) is 0 Å². The Kier molecular flexibility index (Phi) is 9.96. The van der Waals surface area contributed by atoms with Crippen molar-refractivity contribution in [3.63, 3.8) is 0 Å². The van der Waals surface area contributed by atoms with E-state index in [0.717, 1.165) is 46.7 Å². The third-order valence-electron chi connectivity index (χ3n) is 5.89. The first-order valence-corrected chi connectivity index (χ1v) is 12.0. The molecule has 0 spiro atoms. The van der Waals surface area contributed by atoms with Crippen molar-refractivity contribution in [2.45, 2.75) is 13.8 Å². The molecule has 178 valence electrons. The van der Waals surface area contributed by atoms with Crippen LogP contribution in [-0.4, -0.2) is 49.6 Å². The maximum atomic E-state index is 9.19. The number of anilines is 2. The quantitative estimate of drug-likeness (QED) is 0.345. The summed E-state index contributed by atoms with van der Waals surface area (Å²) in [6.07, 6.45) is 8.49. The second-order valence-electron chi connectivity index (χ2n) is 8.12. The van der Waals surface area contributed by atoms with Gasteiger partial charge in [-0.2, -0.15) is 0 Å². The molecule has 0 aliphatic heterocycles. The lowest BCUT2D eigenvalue weighted by molar-refractivity contribution is 0.302. The van der Waals surface area contributed by atoms with E-state index >= 15 is 0 Å². The molecule has 3 aromatic carbocycles. The molecule has 0 aliphatic rings. The maximum absolute atomic E-state index is 9.19. The first-order valence-electron chi connectivity index (χ1n) is 12.0. The van der Waals surface area contributed by atoms with Gasteiger partial charge in [0.25, 0.3) is 0 Å². The average molecular weight is 457 g/mol. The van der Waals surface area contributed by atoms with Gasteiger partial charge in [0, 0.05) is 37.6 Å². The minimum Gasteiger partial charge on any atom is -0.395 e. The van der Waals surface area contributed by atoms with Crippen LogP contribution in [0.25, 0.3) is 24.3 Å². The summed E-state index contributed by atoms with van der Waals surface area (Å²) in [4.78, 5) is 4.32. The van der Waals surface area contributed by atoms with Gasteiger partial charge in [0.2, 0.25) is 0 Å². The number of aliphatic hydroxyl groups excluding tert-OH is 2. The highest BCUT2D eigenvalue weighted by atomic mass is 16.3. The summed E-state index contributed by atoms with van der Waals surface area (Å²) < 4.78 is 0. The minimum absolute atomic E-state index is 0.163. The van der Waals surface area contributed by atoms with E-state index in [1.807, 2.05) is 0 Å². The van der Waals surface area contributed by atoms with Crippen molar-refractivity contribution in [1.29, 1.82) is 0 Å². The number of benzene rings is 3. The van der Waals surface area contributed by atoms with Gasteiger partial charge in [-0.25, -0.2) is 0 Å². The Morgan fingerprint density at radius 3 is 1.00 bits per heavy atom. The molecule has 4 nitrogen and oxygen atoms in total. The predicted molar refractivity (Wildman–Crippen MR) is 147 cm³/mol. The fourth-order valence-corrected chi connectivity index (χ4v) is 3.88. The van der Waals surface area contributed by atoms with Gasteiger partial charge in [-0.1, -0.05) is 72.8 Å². The fraction of sp³-hybridized carbons (Fsp3) is 0.267. The molecule has 34 heavy (non-hydrogen) atoms. The largest absolute Gasteiger partial charge is 0.395 e. The van der Waals surface area contributed by atoms with Crippen molar-refractivity contribution in [2.24, 2.45) is 0 Å². The van der Waals surface area contributed by atoms with Crippen LogP contribution >= 0.6 is 0 Å². The van der Waals surface area contributed by atoms with E-state index in [-0.39, 0.29) is 13.2 Å². The fourth-order valence-electron chi connectivity index (χ4n) is 3.88. The SMILES string of the molecule is CCN(CCO)c1ccc(/C=C/c2ccc(/C=C/c3ccc(N(CC)CCO)cc3)cc2)cc1. The molecule has 0 atom stereocenters. The van der Waals surface area contributed by atoms with Crippen LogP contribution in [0.3, 0.4) is 0 Å². The van der Waals surface area contributed by atoms with Crippen molar-refractivity contribution < 1.29 is 10.2 Å². The first kappa shape index (κ1) is 25.3. The van der Waals surface area contributed by atoms with Crippen molar-refractivity contribution in [2.75, 3.05) is 49.2 Å². The van der Waals surface area contributed by atoms with E-state index in [9.17, 15) is 10.2 Å². The lowest BCUT2D eigenvalue weighted by Gasteiger charge is -2.21. The standard InChI is InChI=1S/C30H36N2O2/c1-3-31(21-23-33)29-17-13-27(14-18-29)11-9-25-5-7-26(8-6-25)10-12-28-15-19-30(20-16-28)32(4-2)22-24-34/h5-20,33-34H,3-4,21-24H2,1-2H3/b11-9+,12-10+. The zero-order valence-corrected chi connectivity index (χ0v) is 20.3. The van der Waals surface area contributed by atoms with Crippen LogP contribution in [0.4, 0.5) is 11.4 Å². The maximum Gasteiger partial charge on any atom is 0.0606 e. The molecule has 4 heteroatoms. The Morgan fingerprint density at radius 1 is 0.500 bits per heavy atom. The Labute approximate surface area is 204 Å². The molecule has 0 fully saturated rings. The Balaban J connectivity index is 1.58. The van der Waals surface area contributed by atoms with E-state index in [1.54, 1.807) is 0 Å². The second-order valence-corrected chi connectivity index (χ2v) is 8.12. The van der Waals surface area contributed by atoms with Crippen molar-refractivity contribution in [1.82, 2.24) is 0 Å². The van der Waals surface area contributed by atoms with E-state index in [2.05, 4.69) is 121 Å². The molecule has 0 heterocycles. The smallest absolute Gasteiger partial charge is 0.0606 e. The third kappa shape index (κ3) is 7.34. The molecule has 0 saturated heterocycles. The number of rotatable bonds is 12. The van der Waals surface area contributed by atoms with Crippen LogP contribution in [0, 0.1) is 0 Å². The summed E-state index contributed by atoms with van der Waals surface area (Å²) in [6.45, 7) is 7.58. The molecule has 0 bridgehead atoms. The Morgan fingerprint density at radius 2 is 0.765 bits per heavy atom. The zero-order chi connectivity index (χ0) is 24.2. The predicted octanol–water partition coefficient (Wildman–Crippen LogP) is 5.66. The molecule has 3 rings (SSSR count). The molecular formula is C30H36N2O2. The van der Waals surface area contributed by atoms with Gasteiger partial charge >= 0.3 is 0 Å². The summed E-state index contributed by atoms with van der Waals surface area (Å²) >= 11 is 0. The van der Waals surface area contributed by atoms with Gasteiger partial charge < -0.3 is 20.0 Å². The third-order valence-corrected chi connectivity index (χ3v) is 5.89. The molecule has 0 unspecified atom stereocenters. The first-order chi connectivity index (χ1) is 16.7. The molecule has 3 aromatic rings. The summed E-state index contributed by atoms with van der Waals surface area (Å²) in [5.74, 6) is 0. The summed E-state index contributed by atoms with van der Waals surface area (Å²) in [5, 5.41) is 18.4. The molecule has 2 N–H and O–H groups in total. The van der Waals surface area contributed by atoms with Gasteiger partial charge in [-0.3, -0.25) is 0 Å². The van der Waals surface area contributed by atoms with Gasteiger partial charge in [-0.05, 0) is 60.4 Å². The van der Waals surface area contributed by atoms with Crippen LogP contribution in [0.15, 0.2) is 72.8 Å². The lowest BCUT2D eigenvalue weighted by Crippen LogP contribution is -2.25.